The van der Waals surface area contributed by atoms with Crippen LogP contribution in [0.15, 0.2) is 36.4 Å². The van der Waals surface area contributed by atoms with Crippen LogP contribution in [0.4, 0.5) is 0 Å². The molecule has 2 aromatic rings. The highest BCUT2D eigenvalue weighted by molar-refractivity contribution is 6.37. The highest BCUT2D eigenvalue weighted by Gasteiger charge is 2.25. The maximum absolute atomic E-state index is 10.8. The largest absolute Gasteiger partial charge is 0.490 e. The Kier molecular flexibility index (Phi) is 6.56. The van der Waals surface area contributed by atoms with E-state index in [1.165, 1.54) is 0 Å². The molecule has 2 nitrogen and oxygen atoms in total. The lowest BCUT2D eigenvalue weighted by Crippen LogP contribution is -2.19. The van der Waals surface area contributed by atoms with Crippen molar-refractivity contribution in [1.29, 1.82) is 0 Å². The lowest BCUT2D eigenvalue weighted by atomic mass is 9.78. The van der Waals surface area contributed by atoms with Gasteiger partial charge in [0, 0.05) is 16.9 Å². The standard InChI is InChI=1S/C19H19Cl3O2/c1-19(2,14-6-4-13(12-23)5-7-14)15-10-16(21)18(17(22)11-15)24-9-3-8-20/h4-7,10-12H,3,8-9H2,1-2H3. The third kappa shape index (κ3) is 4.24. The Bertz CT molecular complexity index is 686. The van der Waals surface area contributed by atoms with E-state index in [2.05, 4.69) is 13.8 Å². The van der Waals surface area contributed by atoms with E-state index in [1.54, 1.807) is 12.1 Å². The monoisotopic (exact) mass is 384 g/mol. The molecule has 0 fully saturated rings. The number of hydrogen-bond acceptors (Lipinski definition) is 2. The molecule has 2 aromatic carbocycles. The lowest BCUT2D eigenvalue weighted by molar-refractivity contribution is 0.112. The van der Waals surface area contributed by atoms with Gasteiger partial charge in [-0.25, -0.2) is 0 Å². The fourth-order valence-corrected chi connectivity index (χ4v) is 3.14. The zero-order chi connectivity index (χ0) is 17.7. The third-order valence-electron chi connectivity index (χ3n) is 4.01. The van der Waals surface area contributed by atoms with Gasteiger partial charge in [-0.15, -0.1) is 11.6 Å². The molecule has 0 saturated carbocycles. The van der Waals surface area contributed by atoms with Crippen molar-refractivity contribution in [3.8, 4) is 5.75 Å². The SMILES string of the molecule is CC(C)(c1ccc(C=O)cc1)c1cc(Cl)c(OCCCCl)c(Cl)c1. The maximum atomic E-state index is 10.8. The highest BCUT2D eigenvalue weighted by atomic mass is 35.5. The molecule has 0 radical (unpaired) electrons. The van der Waals surface area contributed by atoms with E-state index in [1.807, 2.05) is 24.3 Å². The summed E-state index contributed by atoms with van der Waals surface area (Å²) in [5, 5.41) is 0.953. The average Bonchev–Trinajstić information content (AvgIpc) is 2.57. The van der Waals surface area contributed by atoms with Crippen LogP contribution in [0.3, 0.4) is 0 Å². The molecule has 0 N–H and O–H groups in total. The van der Waals surface area contributed by atoms with E-state index in [0.717, 1.165) is 23.8 Å². The van der Waals surface area contributed by atoms with Gasteiger partial charge in [-0.3, -0.25) is 4.79 Å². The van der Waals surface area contributed by atoms with Crippen LogP contribution in [-0.2, 0) is 5.41 Å². The van der Waals surface area contributed by atoms with Crippen LogP contribution in [0.25, 0.3) is 0 Å². The molecule has 0 spiro atoms. The van der Waals surface area contributed by atoms with Crippen molar-refractivity contribution in [1.82, 2.24) is 0 Å². The molecule has 0 aliphatic carbocycles. The Labute approximate surface area is 157 Å². The number of rotatable bonds is 7. The topological polar surface area (TPSA) is 26.3 Å². The van der Waals surface area contributed by atoms with Gasteiger partial charge >= 0.3 is 0 Å². The second-order valence-corrected chi connectivity index (χ2v) is 7.22. The minimum absolute atomic E-state index is 0.316. The summed E-state index contributed by atoms with van der Waals surface area (Å²) in [5.41, 5.74) is 2.37. The second-order valence-electron chi connectivity index (χ2n) is 6.02. The summed E-state index contributed by atoms with van der Waals surface area (Å²) in [6, 6.07) is 11.2. The van der Waals surface area contributed by atoms with Crippen LogP contribution in [0.2, 0.25) is 10.0 Å². The molecule has 0 aliphatic heterocycles. The highest BCUT2D eigenvalue weighted by Crippen LogP contribution is 2.40. The van der Waals surface area contributed by atoms with Gasteiger partial charge < -0.3 is 4.74 Å². The molecule has 0 bridgehead atoms. The Balaban J connectivity index is 2.34. The minimum atomic E-state index is -0.316. The quantitative estimate of drug-likeness (QED) is 0.325. The van der Waals surface area contributed by atoms with Crippen LogP contribution in [-0.4, -0.2) is 18.8 Å². The molecular weight excluding hydrogens is 367 g/mol. The van der Waals surface area contributed by atoms with Crippen LogP contribution in [0.5, 0.6) is 5.75 Å². The first-order valence-corrected chi connectivity index (χ1v) is 8.93. The molecule has 0 aliphatic rings. The zero-order valence-electron chi connectivity index (χ0n) is 13.6. The van der Waals surface area contributed by atoms with Crippen LogP contribution < -0.4 is 4.74 Å². The number of halogens is 3. The number of ether oxygens (including phenoxy) is 1. The molecule has 0 amide bonds. The number of carbonyl (C=O) groups is 1. The summed E-state index contributed by atoms with van der Waals surface area (Å²) in [4.78, 5) is 10.8. The van der Waals surface area contributed by atoms with Gasteiger partial charge in [-0.2, -0.15) is 0 Å². The zero-order valence-corrected chi connectivity index (χ0v) is 15.9. The van der Waals surface area contributed by atoms with Gasteiger partial charge in [0.15, 0.2) is 5.75 Å². The molecule has 0 atom stereocenters. The van der Waals surface area contributed by atoms with Crippen molar-refractivity contribution < 1.29 is 9.53 Å². The van der Waals surface area contributed by atoms with Gasteiger partial charge in [-0.1, -0.05) is 61.3 Å². The second kappa shape index (κ2) is 8.24. The lowest BCUT2D eigenvalue weighted by Gasteiger charge is -2.27. The first-order chi connectivity index (χ1) is 11.4. The molecular formula is C19H19Cl3O2. The fourth-order valence-electron chi connectivity index (χ4n) is 2.43. The van der Waals surface area contributed by atoms with Gasteiger partial charge in [0.2, 0.25) is 0 Å². The Morgan fingerprint density at radius 3 is 2.12 bits per heavy atom. The number of benzene rings is 2. The molecule has 0 saturated heterocycles. The van der Waals surface area contributed by atoms with Crippen LogP contribution in [0, 0.1) is 0 Å². The first-order valence-electron chi connectivity index (χ1n) is 7.64. The predicted octanol–water partition coefficient (Wildman–Crippen LogP) is 6.14. The molecule has 24 heavy (non-hydrogen) atoms. The molecule has 2 rings (SSSR count). The Morgan fingerprint density at radius 2 is 1.62 bits per heavy atom. The summed E-state index contributed by atoms with van der Waals surface area (Å²) < 4.78 is 5.62. The van der Waals surface area contributed by atoms with Gasteiger partial charge in [0.05, 0.1) is 16.7 Å². The first kappa shape index (κ1) is 19.1. The summed E-state index contributed by atoms with van der Waals surface area (Å²) in [7, 11) is 0. The third-order valence-corrected chi connectivity index (χ3v) is 4.84. The molecule has 0 aromatic heterocycles. The Hall–Kier alpha value is -1.22. The van der Waals surface area contributed by atoms with Gasteiger partial charge in [0.25, 0.3) is 0 Å². The van der Waals surface area contributed by atoms with E-state index in [9.17, 15) is 4.79 Å². The van der Waals surface area contributed by atoms with E-state index in [4.69, 9.17) is 39.5 Å². The maximum Gasteiger partial charge on any atom is 0.156 e. The average molecular weight is 386 g/mol. The van der Waals surface area contributed by atoms with Gasteiger partial charge in [0.1, 0.15) is 6.29 Å². The fraction of sp³-hybridized carbons (Fsp3) is 0.316. The van der Waals surface area contributed by atoms with Crippen molar-refractivity contribution in [2.24, 2.45) is 0 Å². The summed E-state index contributed by atoms with van der Waals surface area (Å²) in [6.07, 6.45) is 1.56. The normalized spacial score (nSPS) is 11.4. The number of aldehydes is 1. The van der Waals surface area contributed by atoms with Crippen molar-refractivity contribution in [2.75, 3.05) is 12.5 Å². The van der Waals surface area contributed by atoms with Gasteiger partial charge in [-0.05, 0) is 29.7 Å². The minimum Gasteiger partial charge on any atom is -0.490 e. The number of alkyl halides is 1. The number of hydrogen-bond donors (Lipinski definition) is 0. The van der Waals surface area contributed by atoms with Crippen LogP contribution in [0.1, 0.15) is 41.8 Å². The van der Waals surface area contributed by atoms with E-state index >= 15 is 0 Å². The smallest absolute Gasteiger partial charge is 0.156 e. The van der Waals surface area contributed by atoms with Crippen molar-refractivity contribution >= 4 is 41.1 Å². The molecule has 0 unspecified atom stereocenters. The van der Waals surface area contributed by atoms with E-state index < -0.39 is 0 Å². The summed E-state index contributed by atoms with van der Waals surface area (Å²) in [5.74, 6) is 1.01. The molecule has 0 heterocycles. The molecule has 128 valence electrons. The van der Waals surface area contributed by atoms with E-state index in [0.29, 0.717) is 33.8 Å². The summed E-state index contributed by atoms with van der Waals surface area (Å²) >= 11 is 18.4. The predicted molar refractivity (Wildman–Crippen MR) is 101 cm³/mol. The van der Waals surface area contributed by atoms with Crippen molar-refractivity contribution in [3.05, 3.63) is 63.1 Å². The summed E-state index contributed by atoms with van der Waals surface area (Å²) in [6.45, 7) is 4.64. The van der Waals surface area contributed by atoms with Crippen molar-refractivity contribution in [3.63, 3.8) is 0 Å². The Morgan fingerprint density at radius 1 is 1.04 bits per heavy atom. The molecule has 5 heteroatoms. The van der Waals surface area contributed by atoms with Crippen molar-refractivity contribution in [2.45, 2.75) is 25.7 Å². The van der Waals surface area contributed by atoms with Crippen LogP contribution >= 0.6 is 34.8 Å². The number of carbonyl (C=O) groups excluding carboxylic acids is 1. The van der Waals surface area contributed by atoms with E-state index in [-0.39, 0.29) is 5.41 Å².